The van der Waals surface area contributed by atoms with Gasteiger partial charge < -0.3 is 19.2 Å². The fraction of sp³-hybridized carbons (Fsp3) is 0.556. The molecule has 1 aliphatic rings. The summed E-state index contributed by atoms with van der Waals surface area (Å²) in [4.78, 5) is 18.2. The monoisotopic (exact) mass is 332 g/mol. The quantitative estimate of drug-likeness (QED) is 0.866. The minimum Gasteiger partial charge on any atom is -0.444 e. The fourth-order valence-corrected chi connectivity index (χ4v) is 2.84. The van der Waals surface area contributed by atoms with E-state index in [1.807, 2.05) is 45.9 Å². The van der Waals surface area contributed by atoms with E-state index in [4.69, 9.17) is 9.15 Å². The van der Waals surface area contributed by atoms with Crippen LogP contribution in [0.3, 0.4) is 0 Å². The van der Waals surface area contributed by atoms with E-state index in [2.05, 4.69) is 4.98 Å². The van der Waals surface area contributed by atoms with Crippen molar-refractivity contribution in [3.8, 4) is 0 Å². The zero-order chi connectivity index (χ0) is 17.5. The molecule has 6 heteroatoms. The van der Waals surface area contributed by atoms with E-state index in [1.54, 1.807) is 4.90 Å². The molecule has 2 heterocycles. The lowest BCUT2D eigenvalue weighted by molar-refractivity contribution is -0.0505. The summed E-state index contributed by atoms with van der Waals surface area (Å²) in [6.45, 7) is 8.32. The number of fused-ring (bicyclic) bond motifs is 1. The second kappa shape index (κ2) is 5.77. The summed E-state index contributed by atoms with van der Waals surface area (Å²) in [5.41, 5.74) is 0.828. The Morgan fingerprint density at radius 1 is 1.33 bits per heavy atom. The molecule has 1 N–H and O–H groups in total. The van der Waals surface area contributed by atoms with Gasteiger partial charge in [-0.15, -0.1) is 0 Å². The predicted molar refractivity (Wildman–Crippen MR) is 89.7 cm³/mol. The second-order valence-corrected chi connectivity index (χ2v) is 7.49. The van der Waals surface area contributed by atoms with Gasteiger partial charge in [-0.2, -0.15) is 0 Å². The third-order valence-corrected chi connectivity index (χ3v) is 4.18. The van der Waals surface area contributed by atoms with Crippen LogP contribution in [-0.2, 0) is 10.3 Å². The van der Waals surface area contributed by atoms with Crippen molar-refractivity contribution in [2.24, 2.45) is 0 Å². The van der Waals surface area contributed by atoms with Crippen LogP contribution in [0.5, 0.6) is 0 Å². The van der Waals surface area contributed by atoms with Crippen LogP contribution in [0.25, 0.3) is 11.1 Å². The molecule has 24 heavy (non-hydrogen) atoms. The summed E-state index contributed by atoms with van der Waals surface area (Å²) < 4.78 is 11.1. The first kappa shape index (κ1) is 16.8. The van der Waals surface area contributed by atoms with Gasteiger partial charge >= 0.3 is 6.09 Å². The first-order valence-electron chi connectivity index (χ1n) is 8.24. The summed E-state index contributed by atoms with van der Waals surface area (Å²) in [6.07, 6.45) is 0.397. The highest BCUT2D eigenvalue weighted by molar-refractivity contribution is 5.73. The highest BCUT2D eigenvalue weighted by Crippen LogP contribution is 2.34. The Morgan fingerprint density at radius 2 is 2.00 bits per heavy atom. The van der Waals surface area contributed by atoms with Gasteiger partial charge in [0.05, 0.1) is 0 Å². The van der Waals surface area contributed by atoms with Crippen molar-refractivity contribution < 1.29 is 19.1 Å². The van der Waals surface area contributed by atoms with Gasteiger partial charge in [0.1, 0.15) is 16.7 Å². The van der Waals surface area contributed by atoms with E-state index >= 15 is 0 Å². The van der Waals surface area contributed by atoms with Gasteiger partial charge in [-0.1, -0.05) is 6.07 Å². The molecule has 1 saturated heterocycles. The van der Waals surface area contributed by atoms with Crippen LogP contribution < -0.4 is 0 Å². The number of likely N-dealkylation sites (tertiary alicyclic amines) is 1. The van der Waals surface area contributed by atoms with E-state index in [1.165, 1.54) is 0 Å². The van der Waals surface area contributed by atoms with Crippen molar-refractivity contribution in [3.63, 3.8) is 0 Å². The minimum atomic E-state index is -1.15. The summed E-state index contributed by atoms with van der Waals surface area (Å²) in [7, 11) is 0. The number of piperidine rings is 1. The molecule has 130 valence electrons. The Morgan fingerprint density at radius 3 is 2.62 bits per heavy atom. The molecule has 3 rings (SSSR count). The Balaban J connectivity index is 1.72. The molecule has 0 radical (unpaired) electrons. The van der Waals surface area contributed by atoms with Crippen LogP contribution in [-0.4, -0.2) is 39.8 Å². The number of carbonyl (C=O) groups is 1. The molecule has 6 nitrogen and oxygen atoms in total. The smallest absolute Gasteiger partial charge is 0.410 e. The zero-order valence-electron chi connectivity index (χ0n) is 14.6. The number of hydrogen-bond acceptors (Lipinski definition) is 5. The fourth-order valence-electron chi connectivity index (χ4n) is 2.84. The topological polar surface area (TPSA) is 75.8 Å². The molecule has 1 aliphatic heterocycles. The van der Waals surface area contributed by atoms with Crippen molar-refractivity contribution >= 4 is 17.2 Å². The largest absolute Gasteiger partial charge is 0.444 e. The van der Waals surface area contributed by atoms with Crippen LogP contribution in [0.15, 0.2) is 22.6 Å². The predicted octanol–water partition coefficient (Wildman–Crippen LogP) is 3.35. The van der Waals surface area contributed by atoms with Crippen LogP contribution in [0.1, 0.15) is 45.1 Å². The number of hydrogen-bond donors (Lipinski definition) is 1. The summed E-state index contributed by atoms with van der Waals surface area (Å²) in [5.74, 6) is 0.326. The standard InChI is InChI=1S/C18H24N2O4/c1-12-5-6-14-13(11-12)19-15(23-14)18(22)7-9-20(10-8-18)16(21)24-17(2,3)4/h5-6,11,22H,7-10H2,1-4H3. The lowest BCUT2D eigenvalue weighted by Gasteiger charge is -2.36. The molecule has 1 aromatic carbocycles. The number of carbonyl (C=O) groups excluding carboxylic acids is 1. The number of ether oxygens (including phenoxy) is 1. The Labute approximate surface area is 141 Å². The van der Waals surface area contributed by atoms with Crippen molar-refractivity contribution in [2.45, 2.75) is 51.7 Å². The third-order valence-electron chi connectivity index (χ3n) is 4.18. The highest BCUT2D eigenvalue weighted by Gasteiger charge is 2.40. The lowest BCUT2D eigenvalue weighted by atomic mass is 9.91. The maximum Gasteiger partial charge on any atom is 0.410 e. The average Bonchev–Trinajstić information content (AvgIpc) is 2.90. The number of aromatic nitrogens is 1. The van der Waals surface area contributed by atoms with Crippen LogP contribution in [0, 0.1) is 6.92 Å². The zero-order valence-corrected chi connectivity index (χ0v) is 14.6. The number of oxazole rings is 1. The SMILES string of the molecule is Cc1ccc2oc(C3(O)CCN(C(=O)OC(C)(C)C)CC3)nc2c1. The van der Waals surface area contributed by atoms with Gasteiger partial charge in [-0.25, -0.2) is 9.78 Å². The van der Waals surface area contributed by atoms with E-state index in [9.17, 15) is 9.90 Å². The Bertz CT molecular complexity index is 752. The second-order valence-electron chi connectivity index (χ2n) is 7.49. The molecule has 2 aromatic rings. The normalized spacial score (nSPS) is 18.0. The molecular weight excluding hydrogens is 308 g/mol. The maximum absolute atomic E-state index is 12.1. The van der Waals surface area contributed by atoms with Crippen LogP contribution in [0.4, 0.5) is 4.79 Å². The molecule has 0 spiro atoms. The molecule has 1 aromatic heterocycles. The Hall–Kier alpha value is -2.08. The summed E-state index contributed by atoms with van der Waals surface area (Å²) in [6, 6.07) is 5.74. The first-order valence-corrected chi connectivity index (χ1v) is 8.24. The minimum absolute atomic E-state index is 0.326. The van der Waals surface area contributed by atoms with E-state index in [0.717, 1.165) is 11.1 Å². The van der Waals surface area contributed by atoms with Crippen LogP contribution >= 0.6 is 0 Å². The van der Waals surface area contributed by atoms with Crippen molar-refractivity contribution in [3.05, 3.63) is 29.7 Å². The number of benzene rings is 1. The van der Waals surface area contributed by atoms with E-state index in [-0.39, 0.29) is 6.09 Å². The van der Waals surface area contributed by atoms with E-state index in [0.29, 0.717) is 37.4 Å². The van der Waals surface area contributed by atoms with Crippen molar-refractivity contribution in [1.29, 1.82) is 0 Å². The molecule has 0 atom stereocenters. The molecule has 1 fully saturated rings. The van der Waals surface area contributed by atoms with E-state index < -0.39 is 11.2 Å². The number of amides is 1. The van der Waals surface area contributed by atoms with Gasteiger partial charge in [0.2, 0.25) is 5.89 Å². The summed E-state index contributed by atoms with van der Waals surface area (Å²) >= 11 is 0. The third kappa shape index (κ3) is 3.38. The number of nitrogens with zero attached hydrogens (tertiary/aromatic N) is 2. The number of aliphatic hydroxyl groups is 1. The average molecular weight is 332 g/mol. The molecular formula is C18H24N2O4. The first-order chi connectivity index (χ1) is 11.2. The Kier molecular flexibility index (Phi) is 4.03. The van der Waals surface area contributed by atoms with Crippen LogP contribution in [0.2, 0.25) is 0 Å². The number of rotatable bonds is 1. The lowest BCUT2D eigenvalue weighted by Crippen LogP contribution is -2.46. The number of aryl methyl sites for hydroxylation is 1. The molecule has 0 saturated carbocycles. The van der Waals surface area contributed by atoms with Crippen molar-refractivity contribution in [1.82, 2.24) is 9.88 Å². The van der Waals surface area contributed by atoms with Gasteiger partial charge in [0.15, 0.2) is 5.58 Å². The molecule has 0 aliphatic carbocycles. The van der Waals surface area contributed by atoms with Gasteiger partial charge in [0.25, 0.3) is 0 Å². The molecule has 0 bridgehead atoms. The highest BCUT2D eigenvalue weighted by atomic mass is 16.6. The van der Waals surface area contributed by atoms with Gasteiger partial charge in [-0.3, -0.25) is 0 Å². The summed E-state index contributed by atoms with van der Waals surface area (Å²) in [5, 5.41) is 10.9. The van der Waals surface area contributed by atoms with Crippen molar-refractivity contribution in [2.75, 3.05) is 13.1 Å². The van der Waals surface area contributed by atoms with Gasteiger partial charge in [-0.05, 0) is 45.4 Å². The van der Waals surface area contributed by atoms with Gasteiger partial charge in [0, 0.05) is 25.9 Å². The molecule has 0 unspecified atom stereocenters. The molecule has 1 amide bonds. The maximum atomic E-state index is 12.1.